The highest BCUT2D eigenvalue weighted by atomic mass is 19.4. The maximum absolute atomic E-state index is 13.0. The fourth-order valence-corrected chi connectivity index (χ4v) is 3.45. The highest BCUT2D eigenvalue weighted by Crippen LogP contribution is 2.54. The lowest BCUT2D eigenvalue weighted by atomic mass is 9.89. The molecule has 0 unspecified atom stereocenters. The van der Waals surface area contributed by atoms with Crippen molar-refractivity contribution in [2.24, 2.45) is 0 Å². The van der Waals surface area contributed by atoms with Gasteiger partial charge in [0.2, 0.25) is 0 Å². The third-order valence-corrected chi connectivity index (χ3v) is 5.07. The van der Waals surface area contributed by atoms with Crippen LogP contribution in [0.5, 0.6) is 0 Å². The molecule has 150 valence electrons. The minimum atomic E-state index is -4.92. The smallest absolute Gasteiger partial charge is 0.291 e. The number of aromatic amines is 1. The van der Waals surface area contributed by atoms with Crippen molar-refractivity contribution in [1.29, 1.82) is 5.26 Å². The third kappa shape index (κ3) is 2.86. The first kappa shape index (κ1) is 19.0. The van der Waals surface area contributed by atoms with Crippen LogP contribution in [0.1, 0.15) is 40.8 Å². The van der Waals surface area contributed by atoms with Crippen molar-refractivity contribution in [2.75, 3.05) is 0 Å². The molecule has 1 saturated carbocycles. The third-order valence-electron chi connectivity index (χ3n) is 5.07. The molecule has 0 radical (unpaired) electrons. The molecule has 0 aliphatic heterocycles. The Labute approximate surface area is 158 Å². The van der Waals surface area contributed by atoms with Crippen LogP contribution in [-0.4, -0.2) is 14.6 Å². The molecule has 4 rings (SSSR count). The minimum absolute atomic E-state index is 0.117. The molecule has 1 aromatic carbocycles. The van der Waals surface area contributed by atoms with Gasteiger partial charge in [-0.2, -0.15) is 36.1 Å². The number of H-pyrrole nitrogens is 1. The number of halogens is 6. The first-order chi connectivity index (χ1) is 13.5. The Morgan fingerprint density at radius 2 is 1.69 bits per heavy atom. The van der Waals surface area contributed by atoms with Crippen molar-refractivity contribution in [3.05, 3.63) is 68.8 Å². The standard InChI is InChI=1S/C18H10F6N4O/c19-17(20,21)10-3-1-9(2-4-10)16(5-6-16)13-11(7-25)14-26-8-12(18(22,23)24)15(29)28(14)27-13/h1-4,8,27H,5-6H2. The first-order valence-electron chi connectivity index (χ1n) is 8.28. The second kappa shape index (κ2) is 5.85. The fraction of sp³-hybridized carbons (Fsp3) is 0.278. The summed E-state index contributed by atoms with van der Waals surface area (Å²) in [4.78, 5) is 15.9. The number of alkyl halides is 6. The number of rotatable bonds is 2. The fourth-order valence-electron chi connectivity index (χ4n) is 3.45. The lowest BCUT2D eigenvalue weighted by Crippen LogP contribution is -2.26. The molecular weight excluding hydrogens is 402 g/mol. The van der Waals surface area contributed by atoms with E-state index >= 15 is 0 Å². The van der Waals surface area contributed by atoms with Gasteiger partial charge in [-0.15, -0.1) is 0 Å². The van der Waals surface area contributed by atoms with Gasteiger partial charge < -0.3 is 0 Å². The Kier molecular flexibility index (Phi) is 3.84. The van der Waals surface area contributed by atoms with Gasteiger partial charge in [0, 0.05) is 11.6 Å². The molecule has 2 heterocycles. The zero-order valence-corrected chi connectivity index (χ0v) is 14.3. The summed E-state index contributed by atoms with van der Waals surface area (Å²) >= 11 is 0. The number of nitrogens with one attached hydrogen (secondary N) is 1. The largest absolute Gasteiger partial charge is 0.423 e. The van der Waals surface area contributed by atoms with E-state index in [9.17, 15) is 36.4 Å². The average molecular weight is 412 g/mol. The van der Waals surface area contributed by atoms with Crippen LogP contribution in [0.25, 0.3) is 5.65 Å². The highest BCUT2D eigenvalue weighted by Gasteiger charge is 2.50. The van der Waals surface area contributed by atoms with Gasteiger partial charge in [0.15, 0.2) is 5.65 Å². The lowest BCUT2D eigenvalue weighted by molar-refractivity contribution is -0.139. The van der Waals surface area contributed by atoms with Crippen molar-refractivity contribution < 1.29 is 26.3 Å². The monoisotopic (exact) mass is 412 g/mol. The van der Waals surface area contributed by atoms with E-state index in [4.69, 9.17) is 0 Å². The predicted molar refractivity (Wildman–Crippen MR) is 87.0 cm³/mol. The molecule has 1 aliphatic rings. The SMILES string of the molecule is N#Cc1c(C2(c3ccc(C(F)(F)F)cc3)CC2)[nH]n2c(=O)c(C(F)(F)F)cnc12. The summed E-state index contributed by atoms with van der Waals surface area (Å²) in [5.41, 5.74) is -4.41. The van der Waals surface area contributed by atoms with E-state index < -0.39 is 34.5 Å². The van der Waals surface area contributed by atoms with Crippen LogP contribution in [0.2, 0.25) is 0 Å². The molecule has 0 spiro atoms. The number of aromatic nitrogens is 3. The quantitative estimate of drug-likeness (QED) is 0.647. The van der Waals surface area contributed by atoms with Crippen molar-refractivity contribution in [3.8, 4) is 6.07 Å². The average Bonchev–Trinajstić information content (AvgIpc) is 3.35. The zero-order chi connectivity index (χ0) is 21.2. The second-order valence-corrected chi connectivity index (χ2v) is 6.76. The Morgan fingerprint density at radius 3 is 2.17 bits per heavy atom. The van der Waals surface area contributed by atoms with Crippen LogP contribution < -0.4 is 5.56 Å². The van der Waals surface area contributed by atoms with E-state index in [0.29, 0.717) is 29.1 Å². The molecule has 1 N–H and O–H groups in total. The number of fused-ring (bicyclic) bond motifs is 1. The van der Waals surface area contributed by atoms with E-state index in [1.54, 1.807) is 0 Å². The maximum atomic E-state index is 13.0. The molecule has 2 aromatic heterocycles. The lowest BCUT2D eigenvalue weighted by Gasteiger charge is -2.16. The molecule has 1 aliphatic carbocycles. The molecular formula is C18H10F6N4O. The molecule has 3 aromatic rings. The topological polar surface area (TPSA) is 73.9 Å². The van der Waals surface area contributed by atoms with Gasteiger partial charge in [-0.3, -0.25) is 9.89 Å². The van der Waals surface area contributed by atoms with Gasteiger partial charge in [-0.1, -0.05) is 12.1 Å². The number of hydrogen-bond donors (Lipinski definition) is 1. The summed E-state index contributed by atoms with van der Waals surface area (Å²) in [6.07, 6.45) is -8.18. The number of hydrogen-bond acceptors (Lipinski definition) is 3. The van der Waals surface area contributed by atoms with E-state index in [1.807, 2.05) is 6.07 Å². The van der Waals surface area contributed by atoms with Crippen molar-refractivity contribution in [3.63, 3.8) is 0 Å². The van der Waals surface area contributed by atoms with Gasteiger partial charge >= 0.3 is 12.4 Å². The summed E-state index contributed by atoms with van der Waals surface area (Å²) in [6.45, 7) is 0. The molecule has 0 bridgehead atoms. The van der Waals surface area contributed by atoms with E-state index in [-0.39, 0.29) is 16.9 Å². The van der Waals surface area contributed by atoms with Crippen LogP contribution in [0.15, 0.2) is 35.3 Å². The van der Waals surface area contributed by atoms with Gasteiger partial charge in [0.05, 0.1) is 11.3 Å². The molecule has 1 fully saturated rings. The van der Waals surface area contributed by atoms with Crippen molar-refractivity contribution in [2.45, 2.75) is 30.6 Å². The van der Waals surface area contributed by atoms with Crippen LogP contribution in [0, 0.1) is 11.3 Å². The van der Waals surface area contributed by atoms with Crippen molar-refractivity contribution in [1.82, 2.24) is 14.6 Å². The molecule has 29 heavy (non-hydrogen) atoms. The highest BCUT2D eigenvalue weighted by molar-refractivity contribution is 5.62. The van der Waals surface area contributed by atoms with E-state index in [1.165, 1.54) is 12.1 Å². The van der Waals surface area contributed by atoms with E-state index in [0.717, 1.165) is 12.1 Å². The summed E-state index contributed by atoms with van der Waals surface area (Å²) in [5, 5.41) is 12.1. The number of benzene rings is 1. The minimum Gasteiger partial charge on any atom is -0.291 e. The molecule has 0 atom stereocenters. The van der Waals surface area contributed by atoms with Crippen LogP contribution >= 0.6 is 0 Å². The van der Waals surface area contributed by atoms with Gasteiger partial charge in [0.1, 0.15) is 17.2 Å². The summed E-state index contributed by atoms with van der Waals surface area (Å²) in [5.74, 6) is 0. The molecule has 11 heteroatoms. The van der Waals surface area contributed by atoms with Gasteiger partial charge in [0.25, 0.3) is 5.56 Å². The molecule has 5 nitrogen and oxygen atoms in total. The Morgan fingerprint density at radius 1 is 1.07 bits per heavy atom. The Hall–Kier alpha value is -3.29. The molecule has 0 amide bonds. The van der Waals surface area contributed by atoms with Gasteiger partial charge in [-0.05, 0) is 30.5 Å². The normalized spacial score (nSPS) is 16.0. The van der Waals surface area contributed by atoms with E-state index in [2.05, 4.69) is 10.1 Å². The van der Waals surface area contributed by atoms with Crippen molar-refractivity contribution >= 4 is 5.65 Å². The van der Waals surface area contributed by atoms with Crippen LogP contribution in [0.4, 0.5) is 26.3 Å². The maximum Gasteiger partial charge on any atom is 0.423 e. The zero-order valence-electron chi connectivity index (χ0n) is 14.3. The summed E-state index contributed by atoms with van der Waals surface area (Å²) < 4.78 is 77.9. The van der Waals surface area contributed by atoms with Gasteiger partial charge in [-0.25, -0.2) is 4.98 Å². The van der Waals surface area contributed by atoms with Crippen LogP contribution in [-0.2, 0) is 17.8 Å². The predicted octanol–water partition coefficient (Wildman–Crippen LogP) is 4.01. The summed E-state index contributed by atoms with van der Waals surface area (Å²) in [7, 11) is 0. The Bertz CT molecular complexity index is 1210. The second-order valence-electron chi connectivity index (χ2n) is 6.76. The van der Waals surface area contributed by atoms with Crippen LogP contribution in [0.3, 0.4) is 0 Å². The first-order valence-corrected chi connectivity index (χ1v) is 8.28. The Balaban J connectivity index is 1.89. The number of nitriles is 1. The molecule has 0 saturated heterocycles. The summed E-state index contributed by atoms with van der Waals surface area (Å²) in [6, 6.07) is 6.17. The number of nitrogens with zero attached hydrogens (tertiary/aromatic N) is 3.